The van der Waals surface area contributed by atoms with E-state index in [4.69, 9.17) is 9.47 Å². The van der Waals surface area contributed by atoms with Gasteiger partial charge in [-0.2, -0.15) is 0 Å². The van der Waals surface area contributed by atoms with Gasteiger partial charge in [0.1, 0.15) is 17.2 Å². The van der Waals surface area contributed by atoms with E-state index in [9.17, 15) is 9.90 Å². The van der Waals surface area contributed by atoms with Crippen molar-refractivity contribution in [2.24, 2.45) is 0 Å². The Kier molecular flexibility index (Phi) is 4.51. The summed E-state index contributed by atoms with van der Waals surface area (Å²) < 4.78 is 11.0. The Hall–Kier alpha value is -2.79. The number of nitrogens with zero attached hydrogens (tertiary/aromatic N) is 1. The third kappa shape index (κ3) is 3.23. The van der Waals surface area contributed by atoms with Gasteiger partial charge in [-0.3, -0.25) is 4.79 Å². The fraction of sp³-hybridized carbons (Fsp3) is 0.250. The number of aromatic hydroxyl groups is 1. The summed E-state index contributed by atoms with van der Waals surface area (Å²) in [4.78, 5) is 14.7. The number of hydrogen-bond donors (Lipinski definition) is 1. The molecule has 1 heterocycles. The summed E-state index contributed by atoms with van der Waals surface area (Å²) in [5.41, 5.74) is 2.69. The number of carbonyl (C=O) groups is 1. The molecule has 1 aliphatic rings. The Labute approximate surface area is 147 Å². The van der Waals surface area contributed by atoms with Crippen molar-refractivity contribution < 1.29 is 19.4 Å². The number of fused-ring (bicyclic) bond motifs is 1. The van der Waals surface area contributed by atoms with Crippen LogP contribution in [0.5, 0.6) is 17.2 Å². The minimum atomic E-state index is -0.164. The highest BCUT2D eigenvalue weighted by atomic mass is 16.5. The van der Waals surface area contributed by atoms with E-state index in [0.29, 0.717) is 29.0 Å². The molecule has 0 atom stereocenters. The normalized spacial score (nSPS) is 14.8. The lowest BCUT2D eigenvalue weighted by molar-refractivity contribution is 0.101. The van der Waals surface area contributed by atoms with Crippen molar-refractivity contribution >= 4 is 11.9 Å². The first-order valence-electron chi connectivity index (χ1n) is 7.99. The maximum Gasteiger partial charge on any atom is 0.232 e. The van der Waals surface area contributed by atoms with Crippen LogP contribution in [0.15, 0.2) is 36.1 Å². The van der Waals surface area contributed by atoms with Crippen LogP contribution in [-0.2, 0) is 6.54 Å². The summed E-state index contributed by atoms with van der Waals surface area (Å²) in [5.74, 6) is 1.44. The Morgan fingerprint density at radius 1 is 1.24 bits per heavy atom. The molecular weight excluding hydrogens is 318 g/mol. The first-order valence-corrected chi connectivity index (χ1v) is 7.99. The van der Waals surface area contributed by atoms with Crippen LogP contribution in [0.3, 0.4) is 0 Å². The SMILES string of the molecule is COc1ccc(/C=C2\Oc3c(CN(C)C)c(O)cc(C)c3C2=O)cc1. The number of Topliss-reactive ketones (excluding diaryl/α,β-unsaturated/α-hetero) is 1. The smallest absolute Gasteiger partial charge is 0.232 e. The van der Waals surface area contributed by atoms with Crippen LogP contribution >= 0.6 is 0 Å². The van der Waals surface area contributed by atoms with Crippen molar-refractivity contribution in [1.82, 2.24) is 4.90 Å². The highest BCUT2D eigenvalue weighted by molar-refractivity contribution is 6.15. The average Bonchev–Trinajstić information content (AvgIpc) is 2.89. The molecule has 0 unspecified atom stereocenters. The van der Waals surface area contributed by atoms with Crippen LogP contribution in [0.2, 0.25) is 0 Å². The number of phenols is 1. The number of methoxy groups -OCH3 is 1. The van der Waals surface area contributed by atoms with E-state index in [1.165, 1.54) is 0 Å². The predicted molar refractivity (Wildman–Crippen MR) is 96.2 cm³/mol. The molecule has 0 aliphatic carbocycles. The highest BCUT2D eigenvalue weighted by Gasteiger charge is 2.33. The molecule has 0 radical (unpaired) electrons. The molecule has 0 spiro atoms. The molecule has 1 N–H and O–H groups in total. The number of carbonyl (C=O) groups excluding carboxylic acids is 1. The summed E-state index contributed by atoms with van der Waals surface area (Å²) in [7, 11) is 5.41. The average molecular weight is 339 g/mol. The van der Waals surface area contributed by atoms with Gasteiger partial charge in [-0.25, -0.2) is 0 Å². The molecule has 5 nitrogen and oxygen atoms in total. The zero-order valence-electron chi connectivity index (χ0n) is 14.8. The van der Waals surface area contributed by atoms with Crippen molar-refractivity contribution in [2.75, 3.05) is 21.2 Å². The standard InChI is InChI=1S/C20H21NO4/c1-12-9-16(22)15(11-21(2)3)20-18(12)19(23)17(25-20)10-13-5-7-14(24-4)8-6-13/h5-10,22H,11H2,1-4H3/b17-10-. The molecule has 0 bridgehead atoms. The quantitative estimate of drug-likeness (QED) is 0.865. The van der Waals surface area contributed by atoms with Gasteiger partial charge in [0.25, 0.3) is 0 Å². The number of ether oxygens (including phenoxy) is 2. The van der Waals surface area contributed by atoms with Crippen molar-refractivity contribution in [1.29, 1.82) is 0 Å². The molecule has 2 aromatic rings. The summed E-state index contributed by atoms with van der Waals surface area (Å²) in [5, 5.41) is 10.3. The number of hydrogen-bond acceptors (Lipinski definition) is 5. The second-order valence-electron chi connectivity index (χ2n) is 6.35. The van der Waals surface area contributed by atoms with Gasteiger partial charge < -0.3 is 19.5 Å². The maximum absolute atomic E-state index is 12.8. The largest absolute Gasteiger partial charge is 0.507 e. The molecular formula is C20H21NO4. The van der Waals surface area contributed by atoms with E-state index in [0.717, 1.165) is 11.3 Å². The third-order valence-corrected chi connectivity index (χ3v) is 4.11. The molecule has 3 rings (SSSR count). The topological polar surface area (TPSA) is 59.0 Å². The fourth-order valence-corrected chi connectivity index (χ4v) is 2.90. The van der Waals surface area contributed by atoms with Crippen LogP contribution in [0.4, 0.5) is 0 Å². The van der Waals surface area contributed by atoms with Crippen LogP contribution in [0.25, 0.3) is 6.08 Å². The van der Waals surface area contributed by atoms with E-state index in [-0.39, 0.29) is 17.3 Å². The number of rotatable bonds is 4. The Morgan fingerprint density at radius 2 is 1.92 bits per heavy atom. The summed E-state index contributed by atoms with van der Waals surface area (Å²) >= 11 is 0. The minimum absolute atomic E-state index is 0.142. The number of phenolic OH excluding ortho intramolecular Hbond substituents is 1. The van der Waals surface area contributed by atoms with Crippen molar-refractivity contribution in [2.45, 2.75) is 13.5 Å². The van der Waals surface area contributed by atoms with Crippen molar-refractivity contribution in [3.63, 3.8) is 0 Å². The van der Waals surface area contributed by atoms with Crippen LogP contribution in [0.1, 0.15) is 27.0 Å². The van der Waals surface area contributed by atoms with Crippen molar-refractivity contribution in [3.8, 4) is 17.2 Å². The van der Waals surface area contributed by atoms with Crippen molar-refractivity contribution in [3.05, 3.63) is 58.3 Å². The highest BCUT2D eigenvalue weighted by Crippen LogP contribution is 2.42. The molecule has 130 valence electrons. The molecule has 0 aromatic heterocycles. The van der Waals surface area contributed by atoms with E-state index < -0.39 is 0 Å². The second-order valence-corrected chi connectivity index (χ2v) is 6.35. The zero-order chi connectivity index (χ0) is 18.1. The zero-order valence-corrected chi connectivity index (χ0v) is 14.8. The maximum atomic E-state index is 12.8. The molecule has 0 saturated heterocycles. The molecule has 25 heavy (non-hydrogen) atoms. The molecule has 0 amide bonds. The van der Waals surface area contributed by atoms with Gasteiger partial charge >= 0.3 is 0 Å². The van der Waals surface area contributed by atoms with Gasteiger partial charge in [0, 0.05) is 6.54 Å². The van der Waals surface area contributed by atoms with Crippen LogP contribution < -0.4 is 9.47 Å². The number of aryl methyl sites for hydroxylation is 1. The van der Waals surface area contributed by atoms with Gasteiger partial charge in [0.15, 0.2) is 5.76 Å². The summed E-state index contributed by atoms with van der Waals surface area (Å²) in [6.07, 6.45) is 1.71. The van der Waals surface area contributed by atoms with Gasteiger partial charge in [-0.05, 0) is 56.4 Å². The van der Waals surface area contributed by atoms with Gasteiger partial charge in [-0.15, -0.1) is 0 Å². The Balaban J connectivity index is 2.02. The van der Waals surface area contributed by atoms with E-state index in [1.807, 2.05) is 43.3 Å². The Bertz CT molecular complexity index is 851. The molecule has 5 heteroatoms. The molecule has 1 aliphatic heterocycles. The van der Waals surface area contributed by atoms with E-state index in [1.54, 1.807) is 26.2 Å². The minimum Gasteiger partial charge on any atom is -0.507 e. The molecule has 0 fully saturated rings. The fourth-order valence-electron chi connectivity index (χ4n) is 2.90. The first-order chi connectivity index (χ1) is 11.9. The summed E-state index contributed by atoms with van der Waals surface area (Å²) in [6, 6.07) is 8.99. The van der Waals surface area contributed by atoms with Gasteiger partial charge in [0.05, 0.1) is 18.2 Å². The lowest BCUT2D eigenvalue weighted by Crippen LogP contribution is -2.12. The Morgan fingerprint density at radius 3 is 2.52 bits per heavy atom. The number of allylic oxidation sites excluding steroid dienone is 1. The first kappa shape index (κ1) is 17.0. The van der Waals surface area contributed by atoms with Crippen LogP contribution in [-0.4, -0.2) is 37.0 Å². The van der Waals surface area contributed by atoms with Gasteiger partial charge in [-0.1, -0.05) is 12.1 Å². The lowest BCUT2D eigenvalue weighted by atomic mass is 9.99. The van der Waals surface area contributed by atoms with E-state index >= 15 is 0 Å². The number of ketones is 1. The second kappa shape index (κ2) is 6.61. The molecule has 0 saturated carbocycles. The monoisotopic (exact) mass is 339 g/mol. The van der Waals surface area contributed by atoms with Crippen LogP contribution in [0, 0.1) is 6.92 Å². The number of benzene rings is 2. The third-order valence-electron chi connectivity index (χ3n) is 4.11. The lowest BCUT2D eigenvalue weighted by Gasteiger charge is -2.15. The predicted octanol–water partition coefficient (Wildman–Crippen LogP) is 3.39. The van der Waals surface area contributed by atoms with E-state index in [2.05, 4.69) is 0 Å². The van der Waals surface area contributed by atoms with Gasteiger partial charge in [0.2, 0.25) is 5.78 Å². The summed E-state index contributed by atoms with van der Waals surface area (Å²) in [6.45, 7) is 2.28. The molecule has 2 aromatic carbocycles.